The molecule has 4 nitrogen and oxygen atoms in total. The Balaban J connectivity index is 2.23. The third-order valence-electron chi connectivity index (χ3n) is 2.59. The van der Waals surface area contributed by atoms with Crippen LogP contribution >= 0.6 is 0 Å². The highest BCUT2D eigenvalue weighted by atomic mass is 19.1. The number of nitrogens with one attached hydrogen (secondary N) is 1. The van der Waals surface area contributed by atoms with E-state index < -0.39 is 17.7 Å². The third kappa shape index (κ3) is 2.85. The summed E-state index contributed by atoms with van der Waals surface area (Å²) in [5.41, 5.74) is 3.40. The summed E-state index contributed by atoms with van der Waals surface area (Å²) in [5, 5.41) is 0. The van der Waals surface area contributed by atoms with Crippen molar-refractivity contribution in [2.24, 2.45) is 5.84 Å². The highest BCUT2D eigenvalue weighted by molar-refractivity contribution is 5.21. The van der Waals surface area contributed by atoms with Crippen LogP contribution in [0.15, 0.2) is 36.8 Å². The van der Waals surface area contributed by atoms with Gasteiger partial charge in [0.2, 0.25) is 0 Å². The van der Waals surface area contributed by atoms with Gasteiger partial charge in [-0.05, 0) is 36.2 Å². The van der Waals surface area contributed by atoms with Crippen molar-refractivity contribution >= 4 is 0 Å². The summed E-state index contributed by atoms with van der Waals surface area (Å²) in [4.78, 5) is 7.82. The van der Waals surface area contributed by atoms with Gasteiger partial charge < -0.3 is 0 Å². The van der Waals surface area contributed by atoms with Crippen molar-refractivity contribution in [2.75, 3.05) is 0 Å². The summed E-state index contributed by atoms with van der Waals surface area (Å²) in [7, 11) is 0. The van der Waals surface area contributed by atoms with Gasteiger partial charge >= 0.3 is 0 Å². The number of aromatic nitrogens is 2. The minimum atomic E-state index is -0.482. The Bertz CT molecular complexity index is 519. The molecule has 0 radical (unpaired) electrons. The molecule has 0 bridgehead atoms. The summed E-state index contributed by atoms with van der Waals surface area (Å²) >= 11 is 0. The average Bonchev–Trinajstić information content (AvgIpc) is 2.41. The second kappa shape index (κ2) is 5.61. The number of nitrogens with zero attached hydrogens (tertiary/aromatic N) is 2. The molecule has 1 atom stereocenters. The van der Waals surface area contributed by atoms with Gasteiger partial charge in [0.05, 0.1) is 11.7 Å². The Morgan fingerprint density at radius 2 is 2.11 bits per heavy atom. The van der Waals surface area contributed by atoms with Crippen LogP contribution < -0.4 is 11.3 Å². The molecule has 94 valence electrons. The number of nitrogens with two attached hydrogens (primary N) is 1. The monoisotopic (exact) mass is 250 g/mol. The van der Waals surface area contributed by atoms with Gasteiger partial charge in [0, 0.05) is 6.20 Å². The van der Waals surface area contributed by atoms with Gasteiger partial charge in [0.25, 0.3) is 0 Å². The fraction of sp³-hybridized carbons (Fsp3) is 0.167. The smallest absolute Gasteiger partial charge is 0.126 e. The van der Waals surface area contributed by atoms with Crippen molar-refractivity contribution < 1.29 is 8.78 Å². The SMILES string of the molecule is NNC(Cc1cc(F)ccc1F)c1ccncn1. The van der Waals surface area contributed by atoms with E-state index in [2.05, 4.69) is 15.4 Å². The molecule has 18 heavy (non-hydrogen) atoms. The number of hydrazine groups is 1. The molecule has 6 heteroatoms. The summed E-state index contributed by atoms with van der Waals surface area (Å²) in [6.07, 6.45) is 3.15. The molecule has 3 N–H and O–H groups in total. The molecular weight excluding hydrogens is 238 g/mol. The standard InChI is InChI=1S/C12H12F2N4/c13-9-1-2-10(14)8(5-9)6-12(18-15)11-3-4-16-7-17-11/h1-5,7,12,18H,6,15H2. The fourth-order valence-corrected chi connectivity index (χ4v) is 1.68. The van der Waals surface area contributed by atoms with Crippen molar-refractivity contribution in [1.82, 2.24) is 15.4 Å². The van der Waals surface area contributed by atoms with E-state index in [4.69, 9.17) is 5.84 Å². The van der Waals surface area contributed by atoms with E-state index in [1.54, 1.807) is 12.3 Å². The van der Waals surface area contributed by atoms with Gasteiger partial charge in [0.1, 0.15) is 18.0 Å². The van der Waals surface area contributed by atoms with Crippen LogP contribution in [0.25, 0.3) is 0 Å². The van der Waals surface area contributed by atoms with Crippen LogP contribution in [0, 0.1) is 11.6 Å². The zero-order valence-corrected chi connectivity index (χ0v) is 9.48. The Kier molecular flexibility index (Phi) is 3.91. The van der Waals surface area contributed by atoms with Crippen molar-refractivity contribution in [1.29, 1.82) is 0 Å². The van der Waals surface area contributed by atoms with Crippen LogP contribution in [0.4, 0.5) is 8.78 Å². The van der Waals surface area contributed by atoms with Gasteiger partial charge in [-0.15, -0.1) is 0 Å². The minimum absolute atomic E-state index is 0.205. The van der Waals surface area contributed by atoms with E-state index >= 15 is 0 Å². The first-order chi connectivity index (χ1) is 8.70. The predicted molar refractivity (Wildman–Crippen MR) is 62.2 cm³/mol. The van der Waals surface area contributed by atoms with E-state index in [1.807, 2.05) is 0 Å². The highest BCUT2D eigenvalue weighted by Gasteiger charge is 2.14. The Morgan fingerprint density at radius 3 is 2.78 bits per heavy atom. The molecule has 0 aliphatic carbocycles. The molecule has 1 aromatic carbocycles. The number of rotatable bonds is 4. The van der Waals surface area contributed by atoms with E-state index in [1.165, 1.54) is 6.33 Å². The van der Waals surface area contributed by atoms with Crippen molar-refractivity contribution in [3.05, 3.63) is 59.7 Å². The van der Waals surface area contributed by atoms with Gasteiger partial charge in [-0.1, -0.05) is 0 Å². The molecule has 2 aromatic rings. The Labute approximate surface area is 103 Å². The second-order valence-corrected chi connectivity index (χ2v) is 3.79. The van der Waals surface area contributed by atoms with Crippen LogP contribution in [-0.4, -0.2) is 9.97 Å². The van der Waals surface area contributed by atoms with Crippen molar-refractivity contribution in [3.8, 4) is 0 Å². The molecule has 0 spiro atoms. The summed E-state index contributed by atoms with van der Waals surface area (Å²) in [6, 6.07) is 4.60. The first kappa shape index (κ1) is 12.5. The molecular formula is C12H12F2N4. The van der Waals surface area contributed by atoms with Gasteiger partial charge in [-0.2, -0.15) is 0 Å². The number of hydrogen-bond donors (Lipinski definition) is 2. The Morgan fingerprint density at radius 1 is 1.28 bits per heavy atom. The lowest BCUT2D eigenvalue weighted by Gasteiger charge is -2.15. The maximum Gasteiger partial charge on any atom is 0.126 e. The second-order valence-electron chi connectivity index (χ2n) is 3.79. The van der Waals surface area contributed by atoms with Crippen LogP contribution in [0.2, 0.25) is 0 Å². The molecule has 0 aliphatic rings. The average molecular weight is 250 g/mol. The number of halogens is 2. The van der Waals surface area contributed by atoms with E-state index in [-0.39, 0.29) is 12.0 Å². The summed E-state index contributed by atoms with van der Waals surface area (Å²) in [5.74, 6) is 4.47. The van der Waals surface area contributed by atoms with Gasteiger partial charge in [-0.3, -0.25) is 11.3 Å². The largest absolute Gasteiger partial charge is 0.271 e. The minimum Gasteiger partial charge on any atom is -0.271 e. The van der Waals surface area contributed by atoms with E-state index in [0.717, 1.165) is 18.2 Å². The molecule has 0 fully saturated rings. The zero-order valence-electron chi connectivity index (χ0n) is 9.48. The first-order valence-corrected chi connectivity index (χ1v) is 5.36. The zero-order chi connectivity index (χ0) is 13.0. The van der Waals surface area contributed by atoms with Crippen molar-refractivity contribution in [2.45, 2.75) is 12.5 Å². The lowest BCUT2D eigenvalue weighted by molar-refractivity contribution is 0.513. The van der Waals surface area contributed by atoms with Crippen LogP contribution in [-0.2, 0) is 6.42 Å². The lowest BCUT2D eigenvalue weighted by atomic mass is 10.0. The topological polar surface area (TPSA) is 63.8 Å². The van der Waals surface area contributed by atoms with Gasteiger partial charge in [-0.25, -0.2) is 18.7 Å². The highest BCUT2D eigenvalue weighted by Crippen LogP contribution is 2.18. The van der Waals surface area contributed by atoms with Gasteiger partial charge in [0.15, 0.2) is 0 Å². The summed E-state index contributed by atoms with van der Waals surface area (Å²) < 4.78 is 26.6. The maximum absolute atomic E-state index is 13.5. The molecule has 1 aromatic heterocycles. The molecule has 0 saturated heterocycles. The fourth-order valence-electron chi connectivity index (χ4n) is 1.68. The van der Waals surface area contributed by atoms with Crippen LogP contribution in [0.3, 0.4) is 0 Å². The van der Waals surface area contributed by atoms with Crippen molar-refractivity contribution in [3.63, 3.8) is 0 Å². The lowest BCUT2D eigenvalue weighted by Crippen LogP contribution is -2.30. The molecule has 0 aliphatic heterocycles. The molecule has 0 amide bonds. The van der Waals surface area contributed by atoms with E-state index in [0.29, 0.717) is 5.69 Å². The summed E-state index contributed by atoms with van der Waals surface area (Å²) in [6.45, 7) is 0. The van der Waals surface area contributed by atoms with Crippen LogP contribution in [0.5, 0.6) is 0 Å². The quantitative estimate of drug-likeness (QED) is 0.637. The molecule has 1 unspecified atom stereocenters. The Hall–Kier alpha value is -1.92. The third-order valence-corrected chi connectivity index (χ3v) is 2.59. The predicted octanol–water partition coefficient (Wildman–Crippen LogP) is 1.50. The normalized spacial score (nSPS) is 12.4. The first-order valence-electron chi connectivity index (χ1n) is 5.36. The van der Waals surface area contributed by atoms with E-state index in [9.17, 15) is 8.78 Å². The molecule has 1 heterocycles. The molecule has 0 saturated carbocycles. The van der Waals surface area contributed by atoms with Crippen LogP contribution in [0.1, 0.15) is 17.3 Å². The number of benzene rings is 1. The maximum atomic E-state index is 13.5. The number of hydrogen-bond acceptors (Lipinski definition) is 4. The molecule has 2 rings (SSSR count).